The Hall–Kier alpha value is -3.29. The van der Waals surface area contributed by atoms with E-state index < -0.39 is 4.92 Å². The molecule has 1 atom stereocenters. The summed E-state index contributed by atoms with van der Waals surface area (Å²) in [5, 5.41) is 19.7. The maximum Gasteiger partial charge on any atom is 0.273 e. The van der Waals surface area contributed by atoms with Gasteiger partial charge in [-0.05, 0) is 38.0 Å². The van der Waals surface area contributed by atoms with Crippen molar-refractivity contribution in [1.29, 1.82) is 0 Å². The zero-order valence-corrected chi connectivity index (χ0v) is 14.9. The molecule has 0 aliphatic carbocycles. The summed E-state index contributed by atoms with van der Waals surface area (Å²) in [6.07, 6.45) is 3.70. The second kappa shape index (κ2) is 6.79. The summed E-state index contributed by atoms with van der Waals surface area (Å²) in [7, 11) is 0. The third-order valence-corrected chi connectivity index (χ3v) is 5.07. The number of nitro groups is 1. The third-order valence-electron chi connectivity index (χ3n) is 5.07. The largest absolute Gasteiger partial charge is 0.338 e. The van der Waals surface area contributed by atoms with Gasteiger partial charge >= 0.3 is 0 Å². The summed E-state index contributed by atoms with van der Waals surface area (Å²) < 4.78 is 1.95. The van der Waals surface area contributed by atoms with Gasteiger partial charge in [-0.25, -0.2) is 0 Å². The highest BCUT2D eigenvalue weighted by Crippen LogP contribution is 2.28. The predicted octanol–water partition coefficient (Wildman–Crippen LogP) is 2.97. The average Bonchev–Trinajstić information content (AvgIpc) is 3.12. The lowest BCUT2D eigenvalue weighted by Gasteiger charge is -2.32. The number of nitro benzene ring substituents is 1. The number of piperidine rings is 1. The van der Waals surface area contributed by atoms with E-state index in [1.165, 1.54) is 6.07 Å². The molecule has 4 rings (SSSR count). The van der Waals surface area contributed by atoms with Gasteiger partial charge < -0.3 is 4.90 Å². The fraction of sp³-hybridized carbons (Fsp3) is 0.316. The first-order valence-corrected chi connectivity index (χ1v) is 8.88. The van der Waals surface area contributed by atoms with Gasteiger partial charge in [0.2, 0.25) is 0 Å². The van der Waals surface area contributed by atoms with Crippen LogP contribution in [0.4, 0.5) is 5.69 Å². The van der Waals surface area contributed by atoms with Gasteiger partial charge in [0.25, 0.3) is 11.6 Å². The second-order valence-electron chi connectivity index (χ2n) is 6.84. The molecule has 0 bridgehead atoms. The van der Waals surface area contributed by atoms with Crippen LogP contribution in [0.3, 0.4) is 0 Å². The standard InChI is InChI=1S/C19H19N5O3/c1-13-7-8-14(11-16(13)24(26)27)19(25)22-9-4-5-15(12-22)18-21-20-17-6-2-3-10-23(17)18/h2-3,6-8,10-11,15H,4-5,9,12H2,1H3. The normalized spacial score (nSPS) is 17.2. The van der Waals surface area contributed by atoms with Crippen molar-refractivity contribution in [2.24, 2.45) is 0 Å². The van der Waals surface area contributed by atoms with E-state index in [1.54, 1.807) is 24.0 Å². The molecule has 1 aliphatic rings. The van der Waals surface area contributed by atoms with Crippen LogP contribution in [-0.2, 0) is 0 Å². The van der Waals surface area contributed by atoms with Gasteiger partial charge in [0.15, 0.2) is 5.65 Å². The zero-order chi connectivity index (χ0) is 19.0. The number of aromatic nitrogens is 3. The minimum Gasteiger partial charge on any atom is -0.338 e. The lowest BCUT2D eigenvalue weighted by atomic mass is 9.96. The van der Waals surface area contributed by atoms with E-state index in [9.17, 15) is 14.9 Å². The Morgan fingerprint density at radius 2 is 2.11 bits per heavy atom. The molecule has 1 aromatic carbocycles. The van der Waals surface area contributed by atoms with Crippen LogP contribution in [-0.4, -0.2) is 43.4 Å². The molecule has 1 unspecified atom stereocenters. The Bertz CT molecular complexity index is 1030. The molecule has 138 valence electrons. The van der Waals surface area contributed by atoms with Crippen molar-refractivity contribution in [3.05, 3.63) is 69.7 Å². The summed E-state index contributed by atoms with van der Waals surface area (Å²) in [5.74, 6) is 0.746. The molecule has 27 heavy (non-hydrogen) atoms. The highest BCUT2D eigenvalue weighted by atomic mass is 16.6. The monoisotopic (exact) mass is 365 g/mol. The van der Waals surface area contributed by atoms with Crippen LogP contribution in [0.25, 0.3) is 5.65 Å². The maximum absolute atomic E-state index is 12.9. The van der Waals surface area contributed by atoms with E-state index in [0.717, 1.165) is 24.3 Å². The Labute approximate surface area is 155 Å². The van der Waals surface area contributed by atoms with Crippen molar-refractivity contribution >= 4 is 17.2 Å². The topological polar surface area (TPSA) is 93.6 Å². The highest BCUT2D eigenvalue weighted by Gasteiger charge is 2.29. The number of nitrogens with zero attached hydrogens (tertiary/aromatic N) is 5. The van der Waals surface area contributed by atoms with E-state index in [2.05, 4.69) is 10.2 Å². The number of pyridine rings is 1. The average molecular weight is 365 g/mol. The molecule has 1 saturated heterocycles. The number of aryl methyl sites for hydroxylation is 1. The van der Waals surface area contributed by atoms with Crippen molar-refractivity contribution in [3.63, 3.8) is 0 Å². The molecule has 3 aromatic rings. The Morgan fingerprint density at radius 3 is 2.93 bits per heavy atom. The van der Waals surface area contributed by atoms with Crippen LogP contribution in [0.1, 0.15) is 40.5 Å². The molecule has 0 radical (unpaired) electrons. The Balaban J connectivity index is 1.59. The minimum atomic E-state index is -0.451. The fourth-order valence-electron chi connectivity index (χ4n) is 3.63. The van der Waals surface area contributed by atoms with Gasteiger partial charge in [-0.3, -0.25) is 19.3 Å². The van der Waals surface area contributed by atoms with Crippen LogP contribution in [0.15, 0.2) is 42.6 Å². The van der Waals surface area contributed by atoms with Gasteiger partial charge in [-0.1, -0.05) is 12.1 Å². The summed E-state index contributed by atoms with van der Waals surface area (Å²) in [5.41, 5.74) is 1.64. The molecular formula is C19H19N5O3. The summed E-state index contributed by atoms with van der Waals surface area (Å²) >= 11 is 0. The number of amides is 1. The van der Waals surface area contributed by atoms with Crippen molar-refractivity contribution in [2.45, 2.75) is 25.7 Å². The second-order valence-corrected chi connectivity index (χ2v) is 6.84. The van der Waals surface area contributed by atoms with Gasteiger partial charge in [0, 0.05) is 42.4 Å². The number of hydrogen-bond donors (Lipinski definition) is 0. The first-order chi connectivity index (χ1) is 13.0. The fourth-order valence-corrected chi connectivity index (χ4v) is 3.63. The molecule has 1 amide bonds. The molecule has 0 spiro atoms. The van der Waals surface area contributed by atoms with E-state index in [0.29, 0.717) is 24.2 Å². The van der Waals surface area contributed by atoms with E-state index in [1.807, 2.05) is 28.8 Å². The number of hydrogen-bond acceptors (Lipinski definition) is 5. The lowest BCUT2D eigenvalue weighted by Crippen LogP contribution is -2.39. The number of carbonyl (C=O) groups is 1. The smallest absolute Gasteiger partial charge is 0.273 e. The molecule has 1 aliphatic heterocycles. The quantitative estimate of drug-likeness (QED) is 0.525. The first-order valence-electron chi connectivity index (χ1n) is 8.88. The van der Waals surface area contributed by atoms with Crippen molar-refractivity contribution in [2.75, 3.05) is 13.1 Å². The van der Waals surface area contributed by atoms with E-state index in [-0.39, 0.29) is 17.5 Å². The number of carbonyl (C=O) groups excluding carboxylic acids is 1. The van der Waals surface area contributed by atoms with Crippen LogP contribution >= 0.6 is 0 Å². The highest BCUT2D eigenvalue weighted by molar-refractivity contribution is 5.95. The van der Waals surface area contributed by atoms with Crippen molar-refractivity contribution < 1.29 is 9.72 Å². The van der Waals surface area contributed by atoms with Crippen LogP contribution in [0, 0.1) is 17.0 Å². The Morgan fingerprint density at radius 1 is 1.26 bits per heavy atom. The molecule has 0 N–H and O–H groups in total. The predicted molar refractivity (Wildman–Crippen MR) is 98.7 cm³/mol. The number of rotatable bonds is 3. The molecule has 8 heteroatoms. The summed E-state index contributed by atoms with van der Waals surface area (Å²) in [6, 6.07) is 10.4. The van der Waals surface area contributed by atoms with Crippen LogP contribution in [0.5, 0.6) is 0 Å². The summed E-state index contributed by atoms with van der Waals surface area (Å²) in [4.78, 5) is 25.4. The van der Waals surface area contributed by atoms with Crippen LogP contribution < -0.4 is 0 Å². The third kappa shape index (κ3) is 3.14. The van der Waals surface area contributed by atoms with Crippen molar-refractivity contribution in [1.82, 2.24) is 19.5 Å². The van der Waals surface area contributed by atoms with E-state index >= 15 is 0 Å². The summed E-state index contributed by atoms with van der Waals surface area (Å²) in [6.45, 7) is 2.82. The number of benzene rings is 1. The number of likely N-dealkylation sites (tertiary alicyclic amines) is 1. The molecule has 8 nitrogen and oxygen atoms in total. The lowest BCUT2D eigenvalue weighted by molar-refractivity contribution is -0.385. The van der Waals surface area contributed by atoms with Gasteiger partial charge in [-0.2, -0.15) is 0 Å². The molecule has 1 fully saturated rings. The van der Waals surface area contributed by atoms with Gasteiger partial charge in [0.05, 0.1) is 4.92 Å². The maximum atomic E-state index is 12.9. The molecular weight excluding hydrogens is 346 g/mol. The zero-order valence-electron chi connectivity index (χ0n) is 14.9. The van der Waals surface area contributed by atoms with Crippen molar-refractivity contribution in [3.8, 4) is 0 Å². The van der Waals surface area contributed by atoms with Crippen LogP contribution in [0.2, 0.25) is 0 Å². The molecule has 0 saturated carbocycles. The van der Waals surface area contributed by atoms with E-state index in [4.69, 9.17) is 0 Å². The molecule has 3 heterocycles. The number of fused-ring (bicyclic) bond motifs is 1. The SMILES string of the molecule is Cc1ccc(C(=O)N2CCCC(c3nnc4ccccn34)C2)cc1[N+](=O)[O-]. The molecule has 2 aromatic heterocycles. The first kappa shape index (κ1) is 17.1. The Kier molecular flexibility index (Phi) is 4.31. The van der Waals surface area contributed by atoms with Gasteiger partial charge in [0.1, 0.15) is 5.82 Å². The minimum absolute atomic E-state index is 0.0298. The van der Waals surface area contributed by atoms with Gasteiger partial charge in [-0.15, -0.1) is 10.2 Å².